The molecular weight excluding hydrogens is 376 g/mol. The van der Waals surface area contributed by atoms with Gasteiger partial charge >= 0.3 is 0 Å². The topological polar surface area (TPSA) is 84.5 Å². The van der Waals surface area contributed by atoms with E-state index in [1.807, 2.05) is 39.0 Å². The number of methoxy groups -OCH3 is 1. The van der Waals surface area contributed by atoms with Crippen LogP contribution in [-0.2, 0) is 14.8 Å². The van der Waals surface area contributed by atoms with E-state index in [1.165, 1.54) is 19.2 Å². The highest BCUT2D eigenvalue weighted by Gasteiger charge is 2.19. The fourth-order valence-corrected chi connectivity index (χ4v) is 3.99. The molecule has 2 N–H and O–H groups in total. The predicted octanol–water partition coefficient (Wildman–Crippen LogP) is 3.03. The molecule has 2 aromatic rings. The second kappa shape index (κ2) is 9.32. The van der Waals surface area contributed by atoms with E-state index in [2.05, 4.69) is 10.0 Å². The first-order valence-corrected chi connectivity index (χ1v) is 10.6. The predicted molar refractivity (Wildman–Crippen MR) is 110 cm³/mol. The maximum absolute atomic E-state index is 12.8. The number of benzene rings is 2. The molecule has 2 rings (SSSR count). The molecule has 152 valence electrons. The average molecular weight is 405 g/mol. The molecule has 1 amide bonds. The summed E-state index contributed by atoms with van der Waals surface area (Å²) in [6.45, 7) is 8.14. The third-order valence-electron chi connectivity index (χ3n) is 4.61. The van der Waals surface area contributed by atoms with E-state index in [9.17, 15) is 13.2 Å². The Balaban J connectivity index is 2.24. The summed E-state index contributed by atoms with van der Waals surface area (Å²) >= 11 is 0. The number of hydrogen-bond donors (Lipinski definition) is 2. The fraction of sp³-hybridized carbons (Fsp3) is 0.381. The number of rotatable bonds is 8. The van der Waals surface area contributed by atoms with Crippen LogP contribution in [0.4, 0.5) is 0 Å². The number of carbonyl (C=O) groups excluding carboxylic acids is 1. The van der Waals surface area contributed by atoms with Crippen LogP contribution in [0.25, 0.3) is 0 Å². The van der Waals surface area contributed by atoms with Crippen molar-refractivity contribution in [2.75, 3.05) is 20.3 Å². The van der Waals surface area contributed by atoms with Gasteiger partial charge in [-0.15, -0.1) is 0 Å². The summed E-state index contributed by atoms with van der Waals surface area (Å²) in [5.41, 5.74) is 4.30. The monoisotopic (exact) mass is 404 g/mol. The van der Waals surface area contributed by atoms with Crippen LogP contribution < -0.4 is 10.0 Å². The highest BCUT2D eigenvalue weighted by atomic mass is 32.2. The van der Waals surface area contributed by atoms with Crippen molar-refractivity contribution in [2.45, 2.75) is 38.6 Å². The molecule has 0 fully saturated rings. The van der Waals surface area contributed by atoms with Crippen molar-refractivity contribution < 1.29 is 17.9 Å². The largest absolute Gasteiger partial charge is 0.383 e. The quantitative estimate of drug-likeness (QED) is 0.663. The van der Waals surface area contributed by atoms with Crippen molar-refractivity contribution in [2.24, 2.45) is 0 Å². The second-order valence-corrected chi connectivity index (χ2v) is 8.69. The molecule has 0 saturated carbocycles. The van der Waals surface area contributed by atoms with E-state index in [0.29, 0.717) is 11.1 Å². The maximum Gasteiger partial charge on any atom is 0.252 e. The number of carbonyl (C=O) groups is 1. The lowest BCUT2D eigenvalue weighted by Crippen LogP contribution is -2.29. The highest BCUT2D eigenvalue weighted by molar-refractivity contribution is 7.89. The summed E-state index contributed by atoms with van der Waals surface area (Å²) in [5, 5.41) is 2.98. The summed E-state index contributed by atoms with van der Waals surface area (Å²) in [4.78, 5) is 12.9. The first-order chi connectivity index (χ1) is 13.2. The lowest BCUT2D eigenvalue weighted by molar-refractivity contribution is 0.0939. The number of ether oxygens (including phenoxy) is 1. The Morgan fingerprint density at radius 3 is 2.43 bits per heavy atom. The van der Waals surface area contributed by atoms with Crippen molar-refractivity contribution in [3.05, 3.63) is 64.2 Å². The lowest BCUT2D eigenvalue weighted by atomic mass is 9.99. The molecule has 2 aromatic carbocycles. The zero-order valence-corrected chi connectivity index (χ0v) is 17.8. The molecule has 1 unspecified atom stereocenters. The molecule has 0 aromatic heterocycles. The molecule has 7 heteroatoms. The Kier molecular flexibility index (Phi) is 7.35. The number of aryl methyl sites for hydroxylation is 3. The molecule has 0 aliphatic carbocycles. The van der Waals surface area contributed by atoms with Crippen LogP contribution in [0.3, 0.4) is 0 Å². The SMILES string of the molecule is COCCNS(=O)(=O)c1ccc(C)c(C(=O)NC(C)c2cc(C)ccc2C)c1. The third kappa shape index (κ3) is 5.41. The van der Waals surface area contributed by atoms with Gasteiger partial charge < -0.3 is 10.1 Å². The molecule has 0 bridgehead atoms. The summed E-state index contributed by atoms with van der Waals surface area (Å²) in [7, 11) is -2.21. The summed E-state index contributed by atoms with van der Waals surface area (Å²) in [5.74, 6) is -0.306. The molecule has 28 heavy (non-hydrogen) atoms. The Morgan fingerprint density at radius 2 is 1.75 bits per heavy atom. The van der Waals surface area contributed by atoms with Gasteiger partial charge in [0, 0.05) is 19.2 Å². The Labute approximate surface area is 167 Å². The van der Waals surface area contributed by atoms with E-state index in [4.69, 9.17) is 4.74 Å². The Bertz CT molecular complexity index is 955. The van der Waals surface area contributed by atoms with Gasteiger partial charge in [-0.05, 0) is 56.5 Å². The van der Waals surface area contributed by atoms with Crippen LogP contribution in [0, 0.1) is 20.8 Å². The Morgan fingerprint density at radius 1 is 1.07 bits per heavy atom. The van der Waals surface area contributed by atoms with Crippen LogP contribution in [0.5, 0.6) is 0 Å². The van der Waals surface area contributed by atoms with E-state index in [1.54, 1.807) is 13.0 Å². The van der Waals surface area contributed by atoms with Crippen molar-refractivity contribution >= 4 is 15.9 Å². The van der Waals surface area contributed by atoms with Crippen LogP contribution in [-0.4, -0.2) is 34.6 Å². The minimum absolute atomic E-state index is 0.0544. The van der Waals surface area contributed by atoms with Crippen molar-refractivity contribution in [3.8, 4) is 0 Å². The average Bonchev–Trinajstić information content (AvgIpc) is 2.63. The van der Waals surface area contributed by atoms with Crippen molar-refractivity contribution in [1.29, 1.82) is 0 Å². The molecule has 0 aliphatic rings. The van der Waals surface area contributed by atoms with Crippen LogP contribution >= 0.6 is 0 Å². The summed E-state index contributed by atoms with van der Waals surface area (Å²) in [6.07, 6.45) is 0. The van der Waals surface area contributed by atoms with Crippen molar-refractivity contribution in [3.63, 3.8) is 0 Å². The fourth-order valence-electron chi connectivity index (χ4n) is 2.95. The smallest absolute Gasteiger partial charge is 0.252 e. The zero-order chi connectivity index (χ0) is 20.9. The molecule has 0 spiro atoms. The highest BCUT2D eigenvalue weighted by Crippen LogP contribution is 2.21. The van der Waals surface area contributed by atoms with E-state index in [-0.39, 0.29) is 30.0 Å². The first-order valence-electron chi connectivity index (χ1n) is 9.13. The summed E-state index contributed by atoms with van der Waals surface area (Å²) in [6, 6.07) is 10.5. The number of nitrogens with one attached hydrogen (secondary N) is 2. The van der Waals surface area contributed by atoms with Crippen LogP contribution in [0.1, 0.15) is 45.6 Å². The molecule has 1 atom stereocenters. The van der Waals surface area contributed by atoms with Gasteiger partial charge in [-0.3, -0.25) is 4.79 Å². The first kappa shape index (κ1) is 22.1. The zero-order valence-electron chi connectivity index (χ0n) is 17.0. The summed E-state index contributed by atoms with van der Waals surface area (Å²) < 4.78 is 32.2. The molecule has 0 aliphatic heterocycles. The number of hydrogen-bond acceptors (Lipinski definition) is 4. The number of amides is 1. The van der Waals surface area contributed by atoms with Crippen molar-refractivity contribution in [1.82, 2.24) is 10.0 Å². The van der Waals surface area contributed by atoms with Gasteiger partial charge in [0.2, 0.25) is 10.0 Å². The maximum atomic E-state index is 12.8. The Hall–Kier alpha value is -2.22. The van der Waals surface area contributed by atoms with Gasteiger partial charge in [0.15, 0.2) is 0 Å². The molecule has 0 heterocycles. The van der Waals surface area contributed by atoms with Gasteiger partial charge in [-0.25, -0.2) is 13.1 Å². The minimum atomic E-state index is -3.71. The van der Waals surface area contributed by atoms with E-state index in [0.717, 1.165) is 16.7 Å². The van der Waals surface area contributed by atoms with Gasteiger partial charge in [-0.2, -0.15) is 0 Å². The lowest BCUT2D eigenvalue weighted by Gasteiger charge is -2.18. The van der Waals surface area contributed by atoms with E-state index < -0.39 is 10.0 Å². The minimum Gasteiger partial charge on any atom is -0.383 e. The second-order valence-electron chi connectivity index (χ2n) is 6.92. The third-order valence-corrected chi connectivity index (χ3v) is 6.07. The van der Waals surface area contributed by atoms with Gasteiger partial charge in [0.05, 0.1) is 17.5 Å². The molecule has 0 saturated heterocycles. The molecule has 0 radical (unpaired) electrons. The number of sulfonamides is 1. The van der Waals surface area contributed by atoms with Crippen LogP contribution in [0.2, 0.25) is 0 Å². The van der Waals surface area contributed by atoms with E-state index >= 15 is 0 Å². The molecular formula is C21H28N2O4S. The van der Waals surface area contributed by atoms with Crippen LogP contribution in [0.15, 0.2) is 41.3 Å². The molecule has 6 nitrogen and oxygen atoms in total. The van der Waals surface area contributed by atoms with Gasteiger partial charge in [0.1, 0.15) is 0 Å². The van der Waals surface area contributed by atoms with Gasteiger partial charge in [-0.1, -0.05) is 29.8 Å². The standard InChI is InChI=1S/C21H28N2O4S/c1-14-6-7-15(2)19(12-14)17(4)23-21(24)20-13-18(9-8-16(20)3)28(25,26)22-10-11-27-5/h6-9,12-13,17,22H,10-11H2,1-5H3,(H,23,24). The normalized spacial score (nSPS) is 12.6. The van der Waals surface area contributed by atoms with Gasteiger partial charge in [0.25, 0.3) is 5.91 Å².